The zero-order valence-electron chi connectivity index (χ0n) is 10.7. The van der Waals surface area contributed by atoms with Crippen LogP contribution in [0.3, 0.4) is 0 Å². The van der Waals surface area contributed by atoms with Crippen molar-refractivity contribution in [2.45, 2.75) is 44.3 Å². The number of ether oxygens (including phenoxy) is 1. The Balaban J connectivity index is 1.80. The van der Waals surface area contributed by atoms with Gasteiger partial charge in [-0.1, -0.05) is 19.4 Å². The first kappa shape index (κ1) is 11.9. The van der Waals surface area contributed by atoms with Crippen LogP contribution in [-0.4, -0.2) is 35.0 Å². The van der Waals surface area contributed by atoms with Gasteiger partial charge in [-0.15, -0.1) is 6.58 Å². The average molecular weight is 249 g/mol. The number of likely N-dealkylation sites (tertiary alicyclic amines) is 1. The van der Waals surface area contributed by atoms with E-state index in [9.17, 15) is 9.59 Å². The third kappa shape index (κ3) is 1.48. The zero-order chi connectivity index (χ0) is 12.9. The van der Waals surface area contributed by atoms with Crippen molar-refractivity contribution in [3.05, 3.63) is 12.7 Å². The molecule has 2 amide bonds. The maximum Gasteiger partial charge on any atom is 0.233 e. The lowest BCUT2D eigenvalue weighted by Crippen LogP contribution is -2.33. The van der Waals surface area contributed by atoms with E-state index in [1.165, 1.54) is 4.90 Å². The SMILES string of the molecule is C=CCN1C(=O)C2CC3OC3(CCC)CC2C1=O. The van der Waals surface area contributed by atoms with E-state index in [1.807, 2.05) is 0 Å². The minimum Gasteiger partial charge on any atom is -0.366 e. The smallest absolute Gasteiger partial charge is 0.233 e. The van der Waals surface area contributed by atoms with E-state index in [0.29, 0.717) is 6.54 Å². The van der Waals surface area contributed by atoms with Crippen molar-refractivity contribution in [2.24, 2.45) is 11.8 Å². The number of hydrogen-bond donors (Lipinski definition) is 0. The van der Waals surface area contributed by atoms with Crippen LogP contribution in [0.25, 0.3) is 0 Å². The van der Waals surface area contributed by atoms with Crippen LogP contribution in [-0.2, 0) is 14.3 Å². The van der Waals surface area contributed by atoms with Gasteiger partial charge in [0.1, 0.15) is 0 Å². The van der Waals surface area contributed by atoms with Crippen molar-refractivity contribution in [3.63, 3.8) is 0 Å². The average Bonchev–Trinajstić information content (AvgIpc) is 3.00. The molecule has 2 saturated heterocycles. The van der Waals surface area contributed by atoms with Crippen LogP contribution >= 0.6 is 0 Å². The molecule has 2 aliphatic heterocycles. The highest BCUT2D eigenvalue weighted by molar-refractivity contribution is 6.05. The minimum atomic E-state index is -0.150. The first-order valence-electron chi connectivity index (χ1n) is 6.77. The number of carbonyl (C=O) groups is 2. The number of imide groups is 1. The summed E-state index contributed by atoms with van der Waals surface area (Å²) in [6, 6.07) is 0. The van der Waals surface area contributed by atoms with E-state index < -0.39 is 0 Å². The molecular weight excluding hydrogens is 230 g/mol. The van der Waals surface area contributed by atoms with E-state index in [-0.39, 0.29) is 35.4 Å². The lowest BCUT2D eigenvalue weighted by atomic mass is 9.74. The van der Waals surface area contributed by atoms with Crippen LogP contribution < -0.4 is 0 Å². The summed E-state index contributed by atoms with van der Waals surface area (Å²) in [7, 11) is 0. The Morgan fingerprint density at radius 1 is 1.44 bits per heavy atom. The normalized spacial score (nSPS) is 41.6. The summed E-state index contributed by atoms with van der Waals surface area (Å²) in [6.45, 7) is 6.08. The van der Waals surface area contributed by atoms with Crippen molar-refractivity contribution in [1.29, 1.82) is 0 Å². The molecule has 1 saturated carbocycles. The minimum absolute atomic E-state index is 0.0191. The third-order valence-electron chi connectivity index (χ3n) is 4.58. The Morgan fingerprint density at radius 2 is 2.17 bits per heavy atom. The van der Waals surface area contributed by atoms with E-state index in [0.717, 1.165) is 25.7 Å². The molecular formula is C14H19NO3. The number of rotatable bonds is 4. The van der Waals surface area contributed by atoms with Crippen LogP contribution in [0.15, 0.2) is 12.7 Å². The molecule has 1 aliphatic carbocycles. The summed E-state index contributed by atoms with van der Waals surface area (Å²) in [5.41, 5.74) is -0.0873. The number of fused-ring (bicyclic) bond motifs is 2. The Hall–Kier alpha value is -1.16. The fraction of sp³-hybridized carbons (Fsp3) is 0.714. The number of amides is 2. The number of epoxide rings is 1. The molecule has 0 bridgehead atoms. The van der Waals surface area contributed by atoms with Crippen molar-refractivity contribution in [1.82, 2.24) is 4.90 Å². The standard InChI is InChI=1S/C14H19NO3/c1-3-5-14-8-10-9(7-11(14)18-14)12(16)15(6-4-2)13(10)17/h4,9-11H,2-3,5-8H2,1H3. The predicted octanol–water partition coefficient (Wildman–Crippen LogP) is 1.51. The molecule has 3 fully saturated rings. The molecule has 4 atom stereocenters. The number of hydrogen-bond acceptors (Lipinski definition) is 3. The fourth-order valence-electron chi connectivity index (χ4n) is 3.70. The van der Waals surface area contributed by atoms with Gasteiger partial charge in [-0.05, 0) is 19.3 Å². The van der Waals surface area contributed by atoms with Gasteiger partial charge in [-0.3, -0.25) is 14.5 Å². The van der Waals surface area contributed by atoms with E-state index in [2.05, 4.69) is 13.5 Å². The molecule has 3 aliphatic rings. The van der Waals surface area contributed by atoms with Gasteiger partial charge >= 0.3 is 0 Å². The van der Waals surface area contributed by atoms with Gasteiger partial charge in [0.25, 0.3) is 0 Å². The molecule has 3 rings (SSSR count). The van der Waals surface area contributed by atoms with Gasteiger partial charge < -0.3 is 4.74 Å². The second kappa shape index (κ2) is 3.92. The lowest BCUT2D eigenvalue weighted by molar-refractivity contribution is -0.139. The molecule has 2 heterocycles. The molecule has 0 spiro atoms. The first-order valence-corrected chi connectivity index (χ1v) is 6.77. The summed E-state index contributed by atoms with van der Waals surface area (Å²) in [6.07, 6.45) is 5.35. The zero-order valence-corrected chi connectivity index (χ0v) is 10.7. The molecule has 4 unspecified atom stereocenters. The Bertz CT molecular complexity index is 419. The molecule has 0 aromatic heterocycles. The summed E-state index contributed by atoms with van der Waals surface area (Å²) >= 11 is 0. The summed E-state index contributed by atoms with van der Waals surface area (Å²) in [5.74, 6) is -0.336. The maximum atomic E-state index is 12.3. The molecule has 18 heavy (non-hydrogen) atoms. The van der Waals surface area contributed by atoms with E-state index in [1.54, 1.807) is 6.08 Å². The monoisotopic (exact) mass is 249 g/mol. The lowest BCUT2D eigenvalue weighted by Gasteiger charge is -2.24. The predicted molar refractivity (Wildman–Crippen MR) is 65.6 cm³/mol. The van der Waals surface area contributed by atoms with Crippen molar-refractivity contribution < 1.29 is 14.3 Å². The Kier molecular flexibility index (Phi) is 2.59. The van der Waals surface area contributed by atoms with Crippen molar-refractivity contribution in [2.75, 3.05) is 6.54 Å². The quantitative estimate of drug-likeness (QED) is 0.431. The van der Waals surface area contributed by atoms with E-state index in [4.69, 9.17) is 4.74 Å². The number of carbonyl (C=O) groups excluding carboxylic acids is 2. The highest BCUT2D eigenvalue weighted by Crippen LogP contribution is 2.56. The van der Waals surface area contributed by atoms with Crippen LogP contribution in [0, 0.1) is 11.8 Å². The second-order valence-electron chi connectivity index (χ2n) is 5.65. The van der Waals surface area contributed by atoms with Crippen molar-refractivity contribution in [3.8, 4) is 0 Å². The van der Waals surface area contributed by atoms with Crippen molar-refractivity contribution >= 4 is 11.8 Å². The molecule has 98 valence electrons. The van der Waals surface area contributed by atoms with Gasteiger partial charge in [-0.25, -0.2) is 0 Å². The van der Waals surface area contributed by atoms with Gasteiger partial charge in [0.15, 0.2) is 0 Å². The van der Waals surface area contributed by atoms with Crippen LogP contribution in [0.2, 0.25) is 0 Å². The maximum absolute atomic E-state index is 12.3. The molecule has 4 heteroatoms. The summed E-state index contributed by atoms with van der Waals surface area (Å²) < 4.78 is 5.79. The van der Waals surface area contributed by atoms with Gasteiger partial charge in [0.2, 0.25) is 11.8 Å². The van der Waals surface area contributed by atoms with Crippen LogP contribution in [0.5, 0.6) is 0 Å². The highest BCUT2D eigenvalue weighted by Gasteiger charge is 2.66. The van der Waals surface area contributed by atoms with Gasteiger partial charge in [0.05, 0.1) is 23.5 Å². The largest absolute Gasteiger partial charge is 0.366 e. The summed E-state index contributed by atoms with van der Waals surface area (Å²) in [4.78, 5) is 25.8. The number of nitrogens with zero attached hydrogens (tertiary/aromatic N) is 1. The first-order chi connectivity index (χ1) is 8.63. The van der Waals surface area contributed by atoms with E-state index >= 15 is 0 Å². The topological polar surface area (TPSA) is 49.9 Å². The molecule has 0 radical (unpaired) electrons. The molecule has 0 aromatic rings. The fourth-order valence-corrected chi connectivity index (χ4v) is 3.70. The summed E-state index contributed by atoms with van der Waals surface area (Å²) in [5, 5.41) is 0. The highest BCUT2D eigenvalue weighted by atomic mass is 16.6. The molecule has 0 N–H and O–H groups in total. The van der Waals surface area contributed by atoms with Gasteiger partial charge in [-0.2, -0.15) is 0 Å². The molecule has 0 aromatic carbocycles. The van der Waals surface area contributed by atoms with Gasteiger partial charge in [0, 0.05) is 6.54 Å². The Labute approximate surface area is 107 Å². The third-order valence-corrected chi connectivity index (χ3v) is 4.58. The second-order valence-corrected chi connectivity index (χ2v) is 5.65. The van der Waals surface area contributed by atoms with Crippen LogP contribution in [0.4, 0.5) is 0 Å². The van der Waals surface area contributed by atoms with Crippen LogP contribution in [0.1, 0.15) is 32.6 Å². The molecule has 4 nitrogen and oxygen atoms in total. The Morgan fingerprint density at radius 3 is 2.83 bits per heavy atom.